The Labute approximate surface area is 337 Å². The van der Waals surface area contributed by atoms with E-state index in [-0.39, 0.29) is 0 Å². The zero-order chi connectivity index (χ0) is 38.4. The first-order valence-corrected chi connectivity index (χ1v) is 19.8. The third-order valence-electron chi connectivity index (χ3n) is 11.5. The highest BCUT2D eigenvalue weighted by Crippen LogP contribution is 2.46. The molecule has 0 N–H and O–H groups in total. The monoisotopic (exact) mass is 736 g/mol. The lowest BCUT2D eigenvalue weighted by atomic mass is 9.84. The fraction of sp³-hybridized carbons (Fsp3) is 0. The van der Waals surface area contributed by atoms with Crippen LogP contribution >= 0.6 is 0 Å². The number of fused-ring (bicyclic) bond motifs is 4. The average molecular weight is 737 g/mol. The maximum absolute atomic E-state index is 5.10. The number of nitrogens with zero attached hydrogens (tertiary/aromatic N) is 2. The van der Waals surface area contributed by atoms with Crippen LogP contribution in [0.4, 0.5) is 0 Å². The van der Waals surface area contributed by atoms with Gasteiger partial charge < -0.3 is 0 Å². The molecule has 0 spiro atoms. The normalized spacial score (nSPS) is 11.4. The number of benzene rings is 9. The molecule has 11 rings (SSSR count). The summed E-state index contributed by atoms with van der Waals surface area (Å²) >= 11 is 0. The van der Waals surface area contributed by atoms with Crippen molar-refractivity contribution in [1.29, 1.82) is 0 Å². The first-order valence-electron chi connectivity index (χ1n) is 19.8. The van der Waals surface area contributed by atoms with Gasteiger partial charge in [-0.15, -0.1) is 0 Å². The highest BCUT2D eigenvalue weighted by molar-refractivity contribution is 6.22. The van der Waals surface area contributed by atoms with E-state index in [9.17, 15) is 0 Å². The van der Waals surface area contributed by atoms with Gasteiger partial charge in [0.15, 0.2) is 0 Å². The van der Waals surface area contributed by atoms with E-state index in [1.54, 1.807) is 6.20 Å². The van der Waals surface area contributed by atoms with Gasteiger partial charge in [0, 0.05) is 23.5 Å². The summed E-state index contributed by atoms with van der Waals surface area (Å²) in [4.78, 5) is 9.37. The standard InChI is InChI=1S/C56H36N2/c1-3-11-43-33-46(28-22-37(43)9-1)55-49-14-5-6-15-50(49)56(47-29-23-38-10-2-4-12-44(38)34-47)52-35-45(30-31-51(52)55)39-18-24-41(25-19-39)53-16-7-17-54(58-53)42-26-20-40(21-27-42)48-13-8-32-57-36-48/h1-36H. The molecule has 58 heavy (non-hydrogen) atoms. The number of hydrogen-bond donors (Lipinski definition) is 0. The number of hydrogen-bond acceptors (Lipinski definition) is 2. The van der Waals surface area contributed by atoms with Crippen LogP contribution in [0.25, 0.3) is 110 Å². The van der Waals surface area contributed by atoms with E-state index in [0.29, 0.717) is 0 Å². The van der Waals surface area contributed by atoms with Crippen LogP contribution in [-0.2, 0) is 0 Å². The first kappa shape index (κ1) is 33.6. The minimum absolute atomic E-state index is 0.948. The van der Waals surface area contributed by atoms with Gasteiger partial charge in [-0.2, -0.15) is 0 Å². The molecule has 0 amide bonds. The van der Waals surface area contributed by atoms with E-state index in [1.165, 1.54) is 70.9 Å². The average Bonchev–Trinajstić information content (AvgIpc) is 3.30. The Kier molecular flexibility index (Phi) is 8.19. The van der Waals surface area contributed by atoms with E-state index in [4.69, 9.17) is 4.98 Å². The first-order chi connectivity index (χ1) is 28.7. The minimum Gasteiger partial charge on any atom is -0.264 e. The molecule has 0 saturated carbocycles. The summed E-state index contributed by atoms with van der Waals surface area (Å²) in [5, 5.41) is 9.95. The molecule has 0 aliphatic carbocycles. The lowest BCUT2D eigenvalue weighted by Gasteiger charge is -2.19. The molecule has 0 atom stereocenters. The molecule has 2 nitrogen and oxygen atoms in total. The summed E-state index contributed by atoms with van der Waals surface area (Å²) in [5.41, 5.74) is 13.6. The zero-order valence-corrected chi connectivity index (χ0v) is 31.7. The molecule has 11 aromatic rings. The summed E-state index contributed by atoms with van der Waals surface area (Å²) in [6, 6.07) is 74.7. The summed E-state index contributed by atoms with van der Waals surface area (Å²) < 4.78 is 0. The lowest BCUT2D eigenvalue weighted by molar-refractivity contribution is 1.32. The fourth-order valence-corrected chi connectivity index (χ4v) is 8.63. The zero-order valence-electron chi connectivity index (χ0n) is 31.7. The minimum atomic E-state index is 0.948. The van der Waals surface area contributed by atoms with Crippen molar-refractivity contribution in [3.05, 3.63) is 219 Å². The predicted octanol–water partition coefficient (Wildman–Crippen LogP) is 15.1. The molecule has 0 saturated heterocycles. The van der Waals surface area contributed by atoms with E-state index in [2.05, 4.69) is 205 Å². The molecule has 0 bridgehead atoms. The third-order valence-corrected chi connectivity index (χ3v) is 11.5. The van der Waals surface area contributed by atoms with Gasteiger partial charge in [-0.05, 0) is 124 Å². The highest BCUT2D eigenvalue weighted by Gasteiger charge is 2.18. The van der Waals surface area contributed by atoms with Gasteiger partial charge in [0.1, 0.15) is 0 Å². The van der Waals surface area contributed by atoms with Crippen LogP contribution in [0.1, 0.15) is 0 Å². The van der Waals surface area contributed by atoms with Gasteiger partial charge in [-0.1, -0.05) is 170 Å². The van der Waals surface area contributed by atoms with Crippen molar-refractivity contribution >= 4 is 43.1 Å². The van der Waals surface area contributed by atoms with Crippen molar-refractivity contribution in [3.8, 4) is 67.0 Å². The second kappa shape index (κ2) is 14.1. The molecule has 270 valence electrons. The van der Waals surface area contributed by atoms with Crippen molar-refractivity contribution in [1.82, 2.24) is 9.97 Å². The van der Waals surface area contributed by atoms with Crippen LogP contribution in [0.15, 0.2) is 219 Å². The second-order valence-corrected chi connectivity index (χ2v) is 15.0. The van der Waals surface area contributed by atoms with Crippen molar-refractivity contribution in [2.24, 2.45) is 0 Å². The van der Waals surface area contributed by atoms with Crippen molar-refractivity contribution in [2.45, 2.75) is 0 Å². The SMILES string of the molecule is c1cncc(-c2ccc(-c3cccc(-c4ccc(-c5ccc6c(-c7ccc8ccccc8c7)c7ccccc7c(-c7ccc8ccccc8c7)c6c5)cc4)n3)cc2)c1. The maximum atomic E-state index is 5.10. The second-order valence-electron chi connectivity index (χ2n) is 15.0. The van der Waals surface area contributed by atoms with Gasteiger partial charge in [0.05, 0.1) is 11.4 Å². The quantitative estimate of drug-likeness (QED) is 0.159. The Morgan fingerprint density at radius 1 is 0.259 bits per heavy atom. The van der Waals surface area contributed by atoms with Crippen LogP contribution in [0.2, 0.25) is 0 Å². The van der Waals surface area contributed by atoms with Gasteiger partial charge in [-0.3, -0.25) is 4.98 Å². The Morgan fingerprint density at radius 2 is 0.724 bits per heavy atom. The third kappa shape index (κ3) is 6.00. The highest BCUT2D eigenvalue weighted by atomic mass is 14.7. The van der Waals surface area contributed by atoms with E-state index in [1.807, 2.05) is 12.3 Å². The van der Waals surface area contributed by atoms with Crippen LogP contribution in [0.5, 0.6) is 0 Å². The van der Waals surface area contributed by atoms with Gasteiger partial charge in [0.25, 0.3) is 0 Å². The van der Waals surface area contributed by atoms with Gasteiger partial charge in [-0.25, -0.2) is 4.98 Å². The predicted molar refractivity (Wildman–Crippen MR) is 245 cm³/mol. The number of pyridine rings is 2. The Balaban J connectivity index is 1.03. The maximum Gasteiger partial charge on any atom is 0.0709 e. The van der Waals surface area contributed by atoms with Crippen LogP contribution in [0, 0.1) is 0 Å². The molecular formula is C56H36N2. The largest absolute Gasteiger partial charge is 0.264 e. The van der Waals surface area contributed by atoms with Crippen LogP contribution in [-0.4, -0.2) is 9.97 Å². The van der Waals surface area contributed by atoms with Gasteiger partial charge >= 0.3 is 0 Å². The molecule has 2 aromatic heterocycles. The van der Waals surface area contributed by atoms with E-state index in [0.717, 1.165) is 39.2 Å². The smallest absolute Gasteiger partial charge is 0.0709 e. The van der Waals surface area contributed by atoms with Crippen molar-refractivity contribution in [3.63, 3.8) is 0 Å². The van der Waals surface area contributed by atoms with Crippen molar-refractivity contribution < 1.29 is 0 Å². The Bertz CT molecular complexity index is 3310. The molecule has 2 heterocycles. The van der Waals surface area contributed by atoms with Gasteiger partial charge in [0.2, 0.25) is 0 Å². The molecular weight excluding hydrogens is 701 g/mol. The topological polar surface area (TPSA) is 25.8 Å². The molecule has 0 fully saturated rings. The summed E-state index contributed by atoms with van der Waals surface area (Å²) in [5.74, 6) is 0. The molecule has 9 aromatic carbocycles. The lowest BCUT2D eigenvalue weighted by Crippen LogP contribution is -1.92. The summed E-state index contributed by atoms with van der Waals surface area (Å²) in [6.45, 7) is 0. The Hall–Kier alpha value is -7.68. The number of rotatable bonds is 6. The summed E-state index contributed by atoms with van der Waals surface area (Å²) in [7, 11) is 0. The van der Waals surface area contributed by atoms with Crippen LogP contribution in [0.3, 0.4) is 0 Å². The van der Waals surface area contributed by atoms with E-state index < -0.39 is 0 Å². The molecule has 0 unspecified atom stereocenters. The molecule has 0 aliphatic heterocycles. The molecule has 0 radical (unpaired) electrons. The number of aromatic nitrogens is 2. The summed E-state index contributed by atoms with van der Waals surface area (Å²) in [6.07, 6.45) is 3.69. The molecule has 2 heteroatoms. The molecule has 0 aliphatic rings. The fourth-order valence-electron chi connectivity index (χ4n) is 8.63. The van der Waals surface area contributed by atoms with E-state index >= 15 is 0 Å². The van der Waals surface area contributed by atoms with Crippen LogP contribution < -0.4 is 0 Å². The van der Waals surface area contributed by atoms with Crippen molar-refractivity contribution in [2.75, 3.05) is 0 Å². The Morgan fingerprint density at radius 3 is 1.29 bits per heavy atom.